The molecular weight excluding hydrogens is 298 g/mol. The Morgan fingerprint density at radius 3 is 2.57 bits per heavy atom. The smallest absolute Gasteiger partial charge is 0.295 e. The van der Waals surface area contributed by atoms with Crippen LogP contribution in [0.3, 0.4) is 0 Å². The van der Waals surface area contributed by atoms with Gasteiger partial charge in [0.15, 0.2) is 0 Å². The molecule has 1 aromatic heterocycles. The average molecular weight is 309 g/mol. The molecule has 110 valence electrons. The van der Waals surface area contributed by atoms with Crippen LogP contribution in [0.15, 0.2) is 47.5 Å². The van der Waals surface area contributed by atoms with Crippen LogP contribution < -0.4 is 16.0 Å². The second-order valence-corrected chi connectivity index (χ2v) is 5.58. The predicted molar refractivity (Wildman–Crippen MR) is 76.0 cm³/mol. The number of nitrogens with two attached hydrogens (primary N) is 1. The molecule has 2 aromatic rings. The number of nitro groups is 1. The first-order valence-corrected chi connectivity index (χ1v) is 7.11. The molecular formula is C11H11N5O4S. The molecule has 0 fully saturated rings. The minimum atomic E-state index is -3.98. The van der Waals surface area contributed by atoms with Gasteiger partial charge < -0.3 is 5.43 Å². The number of hydrogen-bond acceptors (Lipinski definition) is 7. The number of anilines is 2. The van der Waals surface area contributed by atoms with Crippen LogP contribution in [0.25, 0.3) is 0 Å². The summed E-state index contributed by atoms with van der Waals surface area (Å²) in [7, 11) is -3.98. The highest BCUT2D eigenvalue weighted by atomic mass is 32.2. The van der Waals surface area contributed by atoms with Crippen LogP contribution in [0.4, 0.5) is 17.2 Å². The highest BCUT2D eigenvalue weighted by Crippen LogP contribution is 2.27. The highest BCUT2D eigenvalue weighted by Gasteiger charge is 2.21. The maximum Gasteiger partial charge on any atom is 0.295 e. The van der Waals surface area contributed by atoms with E-state index in [4.69, 9.17) is 5.84 Å². The van der Waals surface area contributed by atoms with Gasteiger partial charge in [-0.2, -0.15) is 0 Å². The molecule has 0 amide bonds. The Bertz CT molecular complexity index is 763. The van der Waals surface area contributed by atoms with E-state index in [-0.39, 0.29) is 16.4 Å². The molecule has 0 atom stereocenters. The van der Waals surface area contributed by atoms with Crippen molar-refractivity contribution < 1.29 is 13.3 Å². The van der Waals surface area contributed by atoms with E-state index in [0.717, 1.165) is 6.07 Å². The van der Waals surface area contributed by atoms with Crippen molar-refractivity contribution in [1.29, 1.82) is 0 Å². The third kappa shape index (κ3) is 3.24. The van der Waals surface area contributed by atoms with Crippen molar-refractivity contribution in [3.8, 4) is 0 Å². The van der Waals surface area contributed by atoms with Crippen molar-refractivity contribution in [1.82, 2.24) is 4.98 Å². The monoisotopic (exact) mass is 309 g/mol. The molecule has 0 saturated carbocycles. The lowest BCUT2D eigenvalue weighted by atomic mass is 10.3. The van der Waals surface area contributed by atoms with E-state index in [1.54, 1.807) is 12.1 Å². The molecule has 1 aromatic carbocycles. The maximum absolute atomic E-state index is 12.2. The van der Waals surface area contributed by atoms with E-state index in [1.807, 2.05) is 0 Å². The van der Waals surface area contributed by atoms with Gasteiger partial charge in [0.25, 0.3) is 15.7 Å². The van der Waals surface area contributed by atoms with Gasteiger partial charge in [-0.25, -0.2) is 13.4 Å². The normalized spacial score (nSPS) is 10.9. The standard InChI is InChI=1S/C11H11N5O4S/c12-14-9-5-4-8(7-10(9)16(17)18)21(19,20)15-11-3-1-2-6-13-11/h1-7,14H,12H2,(H,13,15). The van der Waals surface area contributed by atoms with Crippen LogP contribution in [0.5, 0.6) is 0 Å². The molecule has 0 aliphatic carbocycles. The summed E-state index contributed by atoms with van der Waals surface area (Å²) in [6.07, 6.45) is 1.42. The summed E-state index contributed by atoms with van der Waals surface area (Å²) in [5, 5.41) is 10.9. The van der Waals surface area contributed by atoms with Crippen molar-refractivity contribution in [3.05, 3.63) is 52.7 Å². The second kappa shape index (κ2) is 5.73. The zero-order valence-electron chi connectivity index (χ0n) is 10.6. The fourth-order valence-electron chi connectivity index (χ4n) is 1.57. The summed E-state index contributed by atoms with van der Waals surface area (Å²) in [5.41, 5.74) is 1.70. The van der Waals surface area contributed by atoms with Gasteiger partial charge in [-0.05, 0) is 24.3 Å². The number of rotatable bonds is 5. The summed E-state index contributed by atoms with van der Waals surface area (Å²) in [4.78, 5) is 13.7. The van der Waals surface area contributed by atoms with Gasteiger partial charge in [0.05, 0.1) is 9.82 Å². The molecule has 1 heterocycles. The lowest BCUT2D eigenvalue weighted by Gasteiger charge is -2.08. The molecule has 0 aliphatic rings. The van der Waals surface area contributed by atoms with Gasteiger partial charge >= 0.3 is 0 Å². The first-order valence-electron chi connectivity index (χ1n) is 5.63. The molecule has 21 heavy (non-hydrogen) atoms. The first kappa shape index (κ1) is 14.7. The Balaban J connectivity index is 2.41. The Morgan fingerprint density at radius 1 is 1.24 bits per heavy atom. The average Bonchev–Trinajstić information content (AvgIpc) is 2.47. The molecule has 0 spiro atoms. The molecule has 0 bridgehead atoms. The van der Waals surface area contributed by atoms with E-state index >= 15 is 0 Å². The van der Waals surface area contributed by atoms with Gasteiger partial charge in [0.1, 0.15) is 11.5 Å². The molecule has 2 rings (SSSR count). The number of nitrogens with zero attached hydrogens (tertiary/aromatic N) is 2. The van der Waals surface area contributed by atoms with Gasteiger partial charge in [-0.15, -0.1) is 0 Å². The third-order valence-electron chi connectivity index (χ3n) is 2.54. The number of nitro benzene ring substituents is 1. The van der Waals surface area contributed by atoms with Gasteiger partial charge in [0.2, 0.25) is 0 Å². The topological polar surface area (TPSA) is 140 Å². The number of nitrogens with one attached hydrogen (secondary N) is 2. The van der Waals surface area contributed by atoms with E-state index < -0.39 is 20.6 Å². The van der Waals surface area contributed by atoms with Crippen LogP contribution in [0.2, 0.25) is 0 Å². The third-order valence-corrected chi connectivity index (χ3v) is 3.89. The van der Waals surface area contributed by atoms with Crippen LogP contribution in [0, 0.1) is 10.1 Å². The summed E-state index contributed by atoms with van der Waals surface area (Å²) in [5.74, 6) is 5.25. The first-order chi connectivity index (χ1) is 9.94. The van der Waals surface area contributed by atoms with Crippen LogP contribution >= 0.6 is 0 Å². The molecule has 0 saturated heterocycles. The van der Waals surface area contributed by atoms with Crippen LogP contribution in [-0.4, -0.2) is 18.3 Å². The van der Waals surface area contributed by atoms with Gasteiger partial charge in [0, 0.05) is 12.3 Å². The number of sulfonamides is 1. The number of nitrogen functional groups attached to an aromatic ring is 1. The Hall–Kier alpha value is -2.72. The quantitative estimate of drug-likeness (QED) is 0.426. The minimum Gasteiger partial charge on any atom is -0.318 e. The predicted octanol–water partition coefficient (Wildman–Crippen LogP) is 1.08. The van der Waals surface area contributed by atoms with E-state index in [1.165, 1.54) is 24.4 Å². The fourth-order valence-corrected chi connectivity index (χ4v) is 2.60. The van der Waals surface area contributed by atoms with E-state index in [9.17, 15) is 18.5 Å². The lowest BCUT2D eigenvalue weighted by molar-refractivity contribution is -0.384. The minimum absolute atomic E-state index is 0.0109. The Morgan fingerprint density at radius 2 is 2.00 bits per heavy atom. The summed E-state index contributed by atoms with van der Waals surface area (Å²) >= 11 is 0. The van der Waals surface area contributed by atoms with Crippen LogP contribution in [-0.2, 0) is 10.0 Å². The van der Waals surface area contributed by atoms with Crippen molar-refractivity contribution in [3.63, 3.8) is 0 Å². The number of benzene rings is 1. The zero-order valence-corrected chi connectivity index (χ0v) is 11.4. The van der Waals surface area contributed by atoms with Gasteiger partial charge in [-0.3, -0.25) is 20.7 Å². The summed E-state index contributed by atoms with van der Waals surface area (Å²) in [6, 6.07) is 8.03. The molecule has 0 unspecified atom stereocenters. The highest BCUT2D eigenvalue weighted by molar-refractivity contribution is 7.92. The molecule has 0 aliphatic heterocycles. The number of hydrazine groups is 1. The molecule has 4 N–H and O–H groups in total. The van der Waals surface area contributed by atoms with Gasteiger partial charge in [-0.1, -0.05) is 6.07 Å². The Kier molecular flexibility index (Phi) is 4.00. The fraction of sp³-hybridized carbons (Fsp3) is 0. The SMILES string of the molecule is NNc1ccc(S(=O)(=O)Nc2ccccn2)cc1[N+](=O)[O-]. The largest absolute Gasteiger partial charge is 0.318 e. The van der Waals surface area contributed by atoms with Crippen molar-refractivity contribution >= 4 is 27.2 Å². The van der Waals surface area contributed by atoms with Crippen molar-refractivity contribution in [2.45, 2.75) is 4.90 Å². The Labute approximate surface area is 120 Å². The van der Waals surface area contributed by atoms with Crippen LogP contribution in [0.1, 0.15) is 0 Å². The van der Waals surface area contributed by atoms with Crippen molar-refractivity contribution in [2.24, 2.45) is 5.84 Å². The number of aromatic nitrogens is 1. The molecule has 0 radical (unpaired) electrons. The number of pyridine rings is 1. The molecule has 10 heteroatoms. The van der Waals surface area contributed by atoms with E-state index in [0.29, 0.717) is 0 Å². The van der Waals surface area contributed by atoms with Crippen molar-refractivity contribution in [2.75, 3.05) is 10.1 Å². The summed E-state index contributed by atoms with van der Waals surface area (Å²) in [6.45, 7) is 0. The zero-order chi connectivity index (χ0) is 15.5. The lowest BCUT2D eigenvalue weighted by Crippen LogP contribution is -2.15. The summed E-state index contributed by atoms with van der Waals surface area (Å²) < 4.78 is 26.5. The maximum atomic E-state index is 12.2. The number of hydrogen-bond donors (Lipinski definition) is 3. The molecule has 9 nitrogen and oxygen atoms in total. The second-order valence-electron chi connectivity index (χ2n) is 3.90. The van der Waals surface area contributed by atoms with E-state index in [2.05, 4.69) is 15.1 Å².